The molecule has 2 amide bonds. The summed E-state index contributed by atoms with van der Waals surface area (Å²) in [6, 6.07) is 18.0. The topological polar surface area (TPSA) is 180 Å². The minimum atomic E-state index is -0.239. The van der Waals surface area contributed by atoms with E-state index in [1.165, 1.54) is 18.2 Å². The van der Waals surface area contributed by atoms with Crippen LogP contribution in [0.2, 0.25) is 0 Å². The lowest BCUT2D eigenvalue weighted by Crippen LogP contribution is -2.49. The molecule has 1 atom stereocenters. The highest BCUT2D eigenvalue weighted by atomic mass is 16.2. The second-order valence-corrected chi connectivity index (χ2v) is 16.4. The van der Waals surface area contributed by atoms with Gasteiger partial charge in [-0.15, -0.1) is 6.58 Å². The second-order valence-electron chi connectivity index (χ2n) is 16.4. The minimum absolute atomic E-state index is 0.0926. The molecule has 0 radical (unpaired) electrons. The summed E-state index contributed by atoms with van der Waals surface area (Å²) in [4.78, 5) is 78.4. The molecule has 16 heteroatoms. The summed E-state index contributed by atoms with van der Waals surface area (Å²) in [6.45, 7) is 16.4. The standard InChI is InChI=1S/C43H50N10O3.C4H9NO.C2H4O/c1-4-19-52-42(56)35-26-45-43(48-40(35)53(52)38-16-11-31-10-9-30(5-2)39(31)47-38)46-32-12-14-33(15-13-32)50-24-22-49(23-25-50)27-29-17-20-51(21-18-29)37-8-6-7-34(36(37)28-54)41(55)44-3;1-3-4(6)5-2;1-2-3/h4,6-8,11-16,26,28-30H,1,5,9-10,17-25,27H2,2-3H3,(H,44,55)(H,45,46,48);3H2,1-2H3,(H,5,6);2H,1H3. The molecule has 5 aromatic rings. The molecule has 8 rings (SSSR count). The summed E-state index contributed by atoms with van der Waals surface area (Å²) in [5.41, 5.74) is 6.51. The van der Waals surface area contributed by atoms with Crippen LogP contribution in [0.25, 0.3) is 16.9 Å². The summed E-state index contributed by atoms with van der Waals surface area (Å²) in [5, 5.41) is 8.90. The van der Waals surface area contributed by atoms with Gasteiger partial charge in [-0.05, 0) is 93.0 Å². The van der Waals surface area contributed by atoms with Crippen molar-refractivity contribution in [1.82, 2.24) is 39.8 Å². The molecule has 65 heavy (non-hydrogen) atoms. The Bertz CT molecular complexity index is 2490. The van der Waals surface area contributed by atoms with Crippen molar-refractivity contribution in [3.63, 3.8) is 0 Å². The molecule has 2 fully saturated rings. The fourth-order valence-electron chi connectivity index (χ4n) is 8.91. The van der Waals surface area contributed by atoms with Crippen molar-refractivity contribution in [2.75, 3.05) is 75.0 Å². The number of hydrogen-bond donors (Lipinski definition) is 3. The van der Waals surface area contributed by atoms with Crippen molar-refractivity contribution < 1.29 is 19.2 Å². The number of carbonyl (C=O) groups excluding carboxylic acids is 4. The van der Waals surface area contributed by atoms with Gasteiger partial charge in [0.25, 0.3) is 11.5 Å². The third kappa shape index (κ3) is 11.2. The maximum absolute atomic E-state index is 13.5. The first-order chi connectivity index (χ1) is 31.6. The smallest absolute Gasteiger partial charge is 0.278 e. The number of rotatable bonds is 13. The third-order valence-corrected chi connectivity index (χ3v) is 12.4. The number of aromatic nitrogens is 5. The van der Waals surface area contributed by atoms with Crippen molar-refractivity contribution in [1.29, 1.82) is 0 Å². The van der Waals surface area contributed by atoms with Crippen LogP contribution >= 0.6 is 0 Å². The first-order valence-electron chi connectivity index (χ1n) is 22.7. The molecule has 344 valence electrons. The van der Waals surface area contributed by atoms with E-state index in [1.54, 1.807) is 37.1 Å². The first kappa shape index (κ1) is 47.8. The highest BCUT2D eigenvalue weighted by Crippen LogP contribution is 2.35. The number of fused-ring (bicyclic) bond motifs is 2. The Morgan fingerprint density at radius 1 is 0.877 bits per heavy atom. The van der Waals surface area contributed by atoms with Crippen LogP contribution in [-0.4, -0.2) is 114 Å². The Kier molecular flexibility index (Phi) is 16.8. The monoisotopic (exact) mass is 886 g/mol. The quantitative estimate of drug-likeness (QED) is 0.0943. The number of carbonyl (C=O) groups is 4. The van der Waals surface area contributed by atoms with Crippen molar-refractivity contribution in [2.45, 2.75) is 71.8 Å². The Labute approximate surface area is 381 Å². The Morgan fingerprint density at radius 3 is 2.22 bits per heavy atom. The molecule has 3 N–H and O–H groups in total. The van der Waals surface area contributed by atoms with E-state index in [0.717, 1.165) is 108 Å². The van der Waals surface area contributed by atoms with Gasteiger partial charge in [0.2, 0.25) is 11.9 Å². The van der Waals surface area contributed by atoms with Gasteiger partial charge in [0, 0.05) is 101 Å². The first-order valence-corrected chi connectivity index (χ1v) is 22.7. The predicted molar refractivity (Wildman–Crippen MR) is 257 cm³/mol. The maximum Gasteiger partial charge on any atom is 0.278 e. The van der Waals surface area contributed by atoms with Gasteiger partial charge in [-0.2, -0.15) is 4.98 Å². The van der Waals surface area contributed by atoms with Gasteiger partial charge in [-0.25, -0.2) is 19.3 Å². The van der Waals surface area contributed by atoms with Crippen LogP contribution in [0.4, 0.5) is 23.0 Å². The van der Waals surface area contributed by atoms with Gasteiger partial charge < -0.3 is 30.5 Å². The molecular formula is C49H63N11O5. The molecule has 1 unspecified atom stereocenters. The summed E-state index contributed by atoms with van der Waals surface area (Å²) in [6.07, 6.45) is 10.7. The lowest BCUT2D eigenvalue weighted by atomic mass is 9.94. The molecule has 3 aliphatic rings. The molecular weight excluding hydrogens is 823 g/mol. The summed E-state index contributed by atoms with van der Waals surface area (Å²) in [7, 11) is 3.22. The molecule has 2 aliphatic heterocycles. The Hall–Kier alpha value is -6.68. The van der Waals surface area contributed by atoms with Crippen LogP contribution in [0, 0.1) is 5.92 Å². The average molecular weight is 886 g/mol. The lowest BCUT2D eigenvalue weighted by molar-refractivity contribution is -0.120. The second kappa shape index (κ2) is 22.8. The number of allylic oxidation sites excluding steroid dienone is 1. The van der Waals surface area contributed by atoms with Crippen molar-refractivity contribution in [2.24, 2.45) is 5.92 Å². The zero-order chi connectivity index (χ0) is 46.5. The van der Waals surface area contributed by atoms with E-state index in [-0.39, 0.29) is 17.4 Å². The predicted octanol–water partition coefficient (Wildman–Crippen LogP) is 5.90. The summed E-state index contributed by atoms with van der Waals surface area (Å²) >= 11 is 0. The third-order valence-electron chi connectivity index (χ3n) is 12.4. The van der Waals surface area contributed by atoms with Gasteiger partial charge in [-0.3, -0.25) is 24.1 Å². The largest absolute Gasteiger partial charge is 0.371 e. The number of nitrogens with one attached hydrogen (secondary N) is 3. The maximum atomic E-state index is 13.5. The average Bonchev–Trinajstić information content (AvgIpc) is 3.88. The van der Waals surface area contributed by atoms with Crippen LogP contribution in [0.15, 0.2) is 78.2 Å². The van der Waals surface area contributed by atoms with E-state index < -0.39 is 0 Å². The fraction of sp³-hybridized carbons (Fsp3) is 0.429. The number of anilines is 4. The molecule has 5 heterocycles. The van der Waals surface area contributed by atoms with Crippen LogP contribution in [0.3, 0.4) is 0 Å². The molecule has 2 aromatic carbocycles. The number of nitrogens with zero attached hydrogens (tertiary/aromatic N) is 8. The molecule has 16 nitrogen and oxygen atoms in total. The normalized spacial score (nSPS) is 16.0. The molecule has 1 aliphatic carbocycles. The number of piperidine rings is 1. The zero-order valence-corrected chi connectivity index (χ0v) is 38.4. The lowest BCUT2D eigenvalue weighted by Gasteiger charge is -2.40. The van der Waals surface area contributed by atoms with Crippen LogP contribution in [0.1, 0.15) is 90.8 Å². The molecule has 0 spiro atoms. The molecule has 0 saturated carbocycles. The molecule has 2 saturated heterocycles. The number of benzene rings is 2. The van der Waals surface area contributed by atoms with Gasteiger partial charge in [-0.1, -0.05) is 32.1 Å². The SMILES string of the molecule is C=CCn1c(=O)c2cnc(Nc3ccc(N4CCN(CC5CCN(c6cccc(C(=O)NC)c6C=O)CC5)CC4)cc3)nc2n1-c1ccc2c(n1)C(CC)CC2.CC=O.CCC(=O)NC. The van der Waals surface area contributed by atoms with Crippen LogP contribution < -0.4 is 31.3 Å². The molecule has 0 bridgehead atoms. The van der Waals surface area contributed by atoms with E-state index in [4.69, 9.17) is 14.8 Å². The Balaban J connectivity index is 0.000000712. The highest BCUT2D eigenvalue weighted by Gasteiger charge is 2.28. The van der Waals surface area contributed by atoms with Gasteiger partial charge >= 0.3 is 0 Å². The van der Waals surface area contributed by atoms with E-state index in [9.17, 15) is 19.2 Å². The number of aryl methyl sites for hydroxylation is 1. The van der Waals surface area contributed by atoms with E-state index in [0.29, 0.717) is 58.7 Å². The van der Waals surface area contributed by atoms with Crippen LogP contribution in [0.5, 0.6) is 0 Å². The van der Waals surface area contributed by atoms with Gasteiger partial charge in [0.1, 0.15) is 11.7 Å². The summed E-state index contributed by atoms with van der Waals surface area (Å²) < 4.78 is 3.43. The van der Waals surface area contributed by atoms with E-state index in [2.05, 4.69) is 67.3 Å². The van der Waals surface area contributed by atoms with Gasteiger partial charge in [0.15, 0.2) is 17.8 Å². The molecule has 3 aromatic heterocycles. The number of hydrogen-bond acceptors (Lipinski definition) is 12. The Morgan fingerprint density at radius 2 is 1.60 bits per heavy atom. The minimum Gasteiger partial charge on any atom is -0.371 e. The number of pyridine rings is 1. The van der Waals surface area contributed by atoms with Crippen molar-refractivity contribution in [3.05, 3.63) is 106 Å². The summed E-state index contributed by atoms with van der Waals surface area (Å²) in [5.74, 6) is 1.96. The zero-order valence-electron chi connectivity index (χ0n) is 38.4. The van der Waals surface area contributed by atoms with E-state index >= 15 is 0 Å². The van der Waals surface area contributed by atoms with Gasteiger partial charge in [0.05, 0.1) is 17.7 Å². The van der Waals surface area contributed by atoms with Crippen molar-refractivity contribution >= 4 is 58.4 Å². The van der Waals surface area contributed by atoms with Crippen molar-refractivity contribution in [3.8, 4) is 5.82 Å². The van der Waals surface area contributed by atoms with Crippen LogP contribution in [-0.2, 0) is 22.6 Å². The highest BCUT2D eigenvalue weighted by molar-refractivity contribution is 6.04. The van der Waals surface area contributed by atoms with E-state index in [1.807, 2.05) is 41.9 Å². The number of amides is 2. The number of aldehydes is 2. The fourth-order valence-corrected chi connectivity index (χ4v) is 8.91. The number of piperazine rings is 1.